The Morgan fingerprint density at radius 1 is 1.19 bits per heavy atom. The molecule has 2 aromatic carbocycles. The minimum Gasteiger partial charge on any atom is -0.380 e. The Labute approximate surface area is 213 Å². The van der Waals surface area contributed by atoms with Crippen LogP contribution in [-0.2, 0) is 17.9 Å². The lowest BCUT2D eigenvalue weighted by Crippen LogP contribution is -2.20. The van der Waals surface area contributed by atoms with Crippen LogP contribution in [0.1, 0.15) is 50.1 Å². The molecule has 1 fully saturated rings. The monoisotopic (exact) mass is 505 g/mol. The standard InChI is InChI=1S/C28H28FN3O3S/c1-16-25-19(15-35-3)7-8-21(17(2)33)27(25)36-26(16)28(34)31-24-10-9-22-18(5-4-6-23(22)30-24)13-32-12-11-20(29)14-32/h4-10,20H,11-15H2,1-3H3,(H,30,31,34). The van der Waals surface area contributed by atoms with Gasteiger partial charge in [0.15, 0.2) is 5.78 Å². The van der Waals surface area contributed by atoms with Crippen LogP contribution in [0.4, 0.5) is 10.2 Å². The molecule has 36 heavy (non-hydrogen) atoms. The van der Waals surface area contributed by atoms with Gasteiger partial charge < -0.3 is 10.1 Å². The average molecular weight is 506 g/mol. The van der Waals surface area contributed by atoms with Crippen molar-refractivity contribution in [3.63, 3.8) is 0 Å². The maximum Gasteiger partial charge on any atom is 0.267 e. The van der Waals surface area contributed by atoms with Crippen LogP contribution in [0.25, 0.3) is 21.0 Å². The number of likely N-dealkylation sites (tertiary alicyclic amines) is 1. The normalized spacial score (nSPS) is 16.2. The van der Waals surface area contributed by atoms with E-state index in [9.17, 15) is 14.0 Å². The Bertz CT molecular complexity index is 1480. The molecule has 4 aromatic rings. The highest BCUT2D eigenvalue weighted by Crippen LogP contribution is 2.37. The predicted molar refractivity (Wildman–Crippen MR) is 142 cm³/mol. The fourth-order valence-corrected chi connectivity index (χ4v) is 6.28. The zero-order valence-electron chi connectivity index (χ0n) is 20.6. The number of hydrogen-bond donors (Lipinski definition) is 1. The third-order valence-electron chi connectivity index (χ3n) is 6.72. The number of alkyl halides is 1. The Balaban J connectivity index is 1.44. The summed E-state index contributed by atoms with van der Waals surface area (Å²) in [5.74, 6) is 0.149. The van der Waals surface area contributed by atoms with E-state index in [-0.39, 0.29) is 11.7 Å². The van der Waals surface area contributed by atoms with E-state index in [4.69, 9.17) is 4.74 Å². The van der Waals surface area contributed by atoms with Crippen molar-refractivity contribution in [2.75, 3.05) is 25.5 Å². The number of carbonyl (C=O) groups is 2. The first-order valence-corrected chi connectivity index (χ1v) is 12.8. The van der Waals surface area contributed by atoms with Gasteiger partial charge in [0.05, 0.1) is 17.0 Å². The topological polar surface area (TPSA) is 71.5 Å². The van der Waals surface area contributed by atoms with Crippen molar-refractivity contribution in [2.24, 2.45) is 0 Å². The first kappa shape index (κ1) is 24.5. The average Bonchev–Trinajstić information content (AvgIpc) is 3.42. The molecule has 1 amide bonds. The van der Waals surface area contributed by atoms with E-state index in [1.54, 1.807) is 19.2 Å². The largest absolute Gasteiger partial charge is 0.380 e. The Kier molecular flexibility index (Phi) is 6.83. The predicted octanol–water partition coefficient (Wildman–Crippen LogP) is 5.90. The maximum atomic E-state index is 13.6. The minimum absolute atomic E-state index is 0.0415. The van der Waals surface area contributed by atoms with Crippen LogP contribution in [0.3, 0.4) is 0 Å². The third kappa shape index (κ3) is 4.64. The SMILES string of the molecule is COCc1ccc(C(C)=O)c2sc(C(=O)Nc3ccc4c(CN5CCC(F)C5)cccc4n3)c(C)c12. The number of carbonyl (C=O) groups excluding carboxylic acids is 2. The molecule has 2 aromatic heterocycles. The number of benzene rings is 2. The quantitative estimate of drug-likeness (QED) is 0.317. The summed E-state index contributed by atoms with van der Waals surface area (Å²) >= 11 is 1.32. The Hall–Kier alpha value is -3.20. The molecule has 0 aliphatic carbocycles. The number of anilines is 1. The Morgan fingerprint density at radius 3 is 2.75 bits per heavy atom. The first-order chi connectivity index (χ1) is 17.4. The zero-order valence-corrected chi connectivity index (χ0v) is 21.4. The summed E-state index contributed by atoms with van der Waals surface area (Å²) < 4.78 is 19.7. The lowest BCUT2D eigenvalue weighted by Gasteiger charge is -2.16. The summed E-state index contributed by atoms with van der Waals surface area (Å²) in [5.41, 5.74) is 4.23. The van der Waals surface area contributed by atoms with Crippen molar-refractivity contribution in [2.45, 2.75) is 39.6 Å². The molecule has 5 rings (SSSR count). The number of halogens is 1. The molecule has 1 atom stereocenters. The second kappa shape index (κ2) is 10.0. The van der Waals surface area contributed by atoms with Gasteiger partial charge in [-0.1, -0.05) is 18.2 Å². The van der Waals surface area contributed by atoms with Crippen molar-refractivity contribution in [1.82, 2.24) is 9.88 Å². The summed E-state index contributed by atoms with van der Waals surface area (Å²) in [6.45, 7) is 5.72. The lowest BCUT2D eigenvalue weighted by atomic mass is 10.0. The van der Waals surface area contributed by atoms with Gasteiger partial charge in [-0.2, -0.15) is 0 Å². The molecule has 1 unspecified atom stereocenters. The van der Waals surface area contributed by atoms with Crippen LogP contribution in [0.15, 0.2) is 42.5 Å². The van der Waals surface area contributed by atoms with Crippen molar-refractivity contribution in [1.29, 1.82) is 0 Å². The number of nitrogens with one attached hydrogen (secondary N) is 1. The number of aryl methyl sites for hydroxylation is 1. The number of aromatic nitrogens is 1. The highest BCUT2D eigenvalue weighted by molar-refractivity contribution is 7.21. The molecule has 3 heterocycles. The molecule has 1 N–H and O–H groups in total. The second-order valence-electron chi connectivity index (χ2n) is 9.28. The van der Waals surface area contributed by atoms with E-state index in [0.29, 0.717) is 42.4 Å². The number of nitrogens with zero attached hydrogens (tertiary/aromatic N) is 2. The third-order valence-corrected chi connectivity index (χ3v) is 8.05. The number of hydrogen-bond acceptors (Lipinski definition) is 6. The van der Waals surface area contributed by atoms with Crippen molar-refractivity contribution in [3.05, 3.63) is 69.6 Å². The highest BCUT2D eigenvalue weighted by atomic mass is 32.1. The van der Waals surface area contributed by atoms with Gasteiger partial charge >= 0.3 is 0 Å². The molecule has 1 saturated heterocycles. The molecule has 0 bridgehead atoms. The van der Waals surface area contributed by atoms with E-state index in [1.165, 1.54) is 18.3 Å². The molecular weight excluding hydrogens is 477 g/mol. The van der Waals surface area contributed by atoms with Gasteiger partial charge in [-0.15, -0.1) is 11.3 Å². The molecule has 0 spiro atoms. The highest BCUT2D eigenvalue weighted by Gasteiger charge is 2.23. The number of thiophene rings is 1. The van der Waals surface area contributed by atoms with Crippen LogP contribution in [0.5, 0.6) is 0 Å². The van der Waals surface area contributed by atoms with Gasteiger partial charge in [0.2, 0.25) is 0 Å². The van der Waals surface area contributed by atoms with E-state index in [2.05, 4.69) is 15.2 Å². The number of rotatable bonds is 7. The first-order valence-electron chi connectivity index (χ1n) is 12.0. The van der Waals surface area contributed by atoms with Crippen LogP contribution < -0.4 is 5.32 Å². The van der Waals surface area contributed by atoms with Gasteiger partial charge in [0.25, 0.3) is 5.91 Å². The van der Waals surface area contributed by atoms with Crippen LogP contribution in [-0.4, -0.2) is 47.9 Å². The molecule has 0 saturated carbocycles. The van der Waals surface area contributed by atoms with Gasteiger partial charge in [0, 0.05) is 47.8 Å². The van der Waals surface area contributed by atoms with Crippen LogP contribution in [0.2, 0.25) is 0 Å². The second-order valence-corrected chi connectivity index (χ2v) is 10.3. The number of fused-ring (bicyclic) bond motifs is 2. The van der Waals surface area contributed by atoms with Crippen molar-refractivity contribution in [3.8, 4) is 0 Å². The number of Topliss-reactive ketones (excluding diaryl/α,β-unsaturated/α-hetero) is 1. The molecule has 186 valence electrons. The summed E-state index contributed by atoms with van der Waals surface area (Å²) in [5, 5.41) is 4.82. The summed E-state index contributed by atoms with van der Waals surface area (Å²) in [7, 11) is 1.62. The number of ether oxygens (including phenoxy) is 1. The smallest absolute Gasteiger partial charge is 0.267 e. The molecular formula is C28H28FN3O3S. The van der Waals surface area contributed by atoms with Gasteiger partial charge in [-0.25, -0.2) is 9.37 Å². The zero-order chi connectivity index (χ0) is 25.4. The summed E-state index contributed by atoms with van der Waals surface area (Å²) in [6.07, 6.45) is -0.175. The fraction of sp³-hybridized carbons (Fsp3) is 0.321. The van der Waals surface area contributed by atoms with Crippen LogP contribution >= 0.6 is 11.3 Å². The van der Waals surface area contributed by atoms with Gasteiger partial charge in [-0.05, 0) is 61.2 Å². The van der Waals surface area contributed by atoms with Crippen molar-refractivity contribution < 1.29 is 18.7 Å². The summed E-state index contributed by atoms with van der Waals surface area (Å²) in [6, 6.07) is 13.3. The van der Waals surface area contributed by atoms with E-state index in [1.807, 2.05) is 37.3 Å². The van der Waals surface area contributed by atoms with E-state index >= 15 is 0 Å². The van der Waals surface area contributed by atoms with E-state index < -0.39 is 6.17 Å². The minimum atomic E-state index is -0.755. The molecule has 1 aliphatic heterocycles. The molecule has 1 aliphatic rings. The number of amides is 1. The number of ketones is 1. The Morgan fingerprint density at radius 2 is 2.03 bits per heavy atom. The summed E-state index contributed by atoms with van der Waals surface area (Å²) in [4.78, 5) is 32.9. The van der Waals surface area contributed by atoms with E-state index in [0.717, 1.165) is 44.2 Å². The maximum absolute atomic E-state index is 13.6. The fourth-order valence-electron chi connectivity index (χ4n) is 4.97. The lowest BCUT2D eigenvalue weighted by molar-refractivity contribution is 0.101. The van der Waals surface area contributed by atoms with Gasteiger partial charge in [0.1, 0.15) is 12.0 Å². The number of pyridine rings is 1. The number of methoxy groups -OCH3 is 1. The van der Waals surface area contributed by atoms with Crippen LogP contribution in [0, 0.1) is 6.92 Å². The molecule has 8 heteroatoms. The van der Waals surface area contributed by atoms with Crippen molar-refractivity contribution >= 4 is 49.8 Å². The molecule has 0 radical (unpaired) electrons. The van der Waals surface area contributed by atoms with Gasteiger partial charge in [-0.3, -0.25) is 14.5 Å². The molecule has 6 nitrogen and oxygen atoms in total.